The Kier molecular flexibility index (Phi) is 7.37. The number of hydrogen-bond acceptors (Lipinski definition) is 6. The zero-order valence-corrected chi connectivity index (χ0v) is 19.2. The van der Waals surface area contributed by atoms with Gasteiger partial charge in [-0.3, -0.25) is 14.5 Å². The van der Waals surface area contributed by atoms with Gasteiger partial charge in [-0.1, -0.05) is 6.92 Å². The van der Waals surface area contributed by atoms with Crippen LogP contribution in [0.15, 0.2) is 6.07 Å². The van der Waals surface area contributed by atoms with Crippen LogP contribution >= 0.6 is 0 Å². The van der Waals surface area contributed by atoms with E-state index in [9.17, 15) is 9.59 Å². The smallest absolute Gasteiger partial charge is 0.251 e. The van der Waals surface area contributed by atoms with Crippen molar-refractivity contribution >= 4 is 11.8 Å². The first-order valence-electron chi connectivity index (χ1n) is 10.9. The Balaban J connectivity index is 1.61. The van der Waals surface area contributed by atoms with E-state index in [-0.39, 0.29) is 11.8 Å². The highest BCUT2D eigenvalue weighted by Crippen LogP contribution is 2.18. The van der Waals surface area contributed by atoms with Crippen LogP contribution in [0.2, 0.25) is 0 Å². The molecule has 0 saturated carbocycles. The number of carbonyl (C=O) groups excluding carboxylic acids is 2. The molecular formula is C22H33N7O2. The molecule has 2 aromatic rings. The van der Waals surface area contributed by atoms with E-state index in [1.165, 1.54) is 0 Å². The van der Waals surface area contributed by atoms with Crippen LogP contribution in [0.25, 0.3) is 5.95 Å². The van der Waals surface area contributed by atoms with Gasteiger partial charge in [-0.25, -0.2) is 14.6 Å². The molecule has 0 bridgehead atoms. The molecule has 1 fully saturated rings. The molecule has 168 valence electrons. The van der Waals surface area contributed by atoms with Gasteiger partial charge in [0.2, 0.25) is 11.8 Å². The zero-order valence-electron chi connectivity index (χ0n) is 19.2. The zero-order chi connectivity index (χ0) is 22.5. The summed E-state index contributed by atoms with van der Waals surface area (Å²) >= 11 is 0. The van der Waals surface area contributed by atoms with E-state index in [2.05, 4.69) is 25.3 Å². The minimum Gasteiger partial charge on any atom is -0.355 e. The molecule has 0 aliphatic carbocycles. The lowest BCUT2D eigenvalue weighted by Crippen LogP contribution is -2.51. The predicted octanol–water partition coefficient (Wildman–Crippen LogP) is 1.11. The Morgan fingerprint density at radius 3 is 2.29 bits per heavy atom. The highest BCUT2D eigenvalue weighted by atomic mass is 16.2. The molecule has 0 atom stereocenters. The van der Waals surface area contributed by atoms with E-state index >= 15 is 0 Å². The van der Waals surface area contributed by atoms with Gasteiger partial charge in [0.15, 0.2) is 0 Å². The van der Waals surface area contributed by atoms with E-state index in [0.29, 0.717) is 51.6 Å². The largest absolute Gasteiger partial charge is 0.355 e. The molecule has 0 unspecified atom stereocenters. The molecule has 2 aromatic heterocycles. The average molecular weight is 428 g/mol. The van der Waals surface area contributed by atoms with E-state index in [1.807, 2.05) is 45.6 Å². The standard InChI is InChI=1S/C22H33N7O2/c1-6-7-23-20(30)14-27-8-10-28(11-9-27)21(31)13-19-17(4)26-29(18(19)5)22-24-15(2)12-16(3)25-22/h12H,6-11,13-14H2,1-5H3,(H,23,30). The van der Waals surface area contributed by atoms with Crippen molar-refractivity contribution in [1.82, 2.24) is 34.9 Å². The summed E-state index contributed by atoms with van der Waals surface area (Å²) in [5.41, 5.74) is 4.40. The minimum atomic E-state index is 0.0499. The number of nitrogens with one attached hydrogen (secondary N) is 1. The lowest BCUT2D eigenvalue weighted by molar-refractivity contribution is -0.132. The van der Waals surface area contributed by atoms with Gasteiger partial charge in [-0.05, 0) is 40.2 Å². The van der Waals surface area contributed by atoms with Crippen molar-refractivity contribution in [1.29, 1.82) is 0 Å². The Bertz CT molecular complexity index is 925. The van der Waals surface area contributed by atoms with Crippen molar-refractivity contribution in [2.45, 2.75) is 47.5 Å². The number of carbonyl (C=O) groups is 2. The SMILES string of the molecule is CCCNC(=O)CN1CCN(C(=O)Cc2c(C)nn(-c3nc(C)cc(C)n3)c2C)CC1. The van der Waals surface area contributed by atoms with E-state index < -0.39 is 0 Å². The number of aromatic nitrogens is 4. The summed E-state index contributed by atoms with van der Waals surface area (Å²) in [5.74, 6) is 0.669. The van der Waals surface area contributed by atoms with Crippen molar-refractivity contribution in [3.8, 4) is 5.95 Å². The molecule has 31 heavy (non-hydrogen) atoms. The van der Waals surface area contributed by atoms with E-state index in [4.69, 9.17) is 0 Å². The summed E-state index contributed by atoms with van der Waals surface area (Å²) in [7, 11) is 0. The van der Waals surface area contributed by atoms with Crippen LogP contribution in [0.5, 0.6) is 0 Å². The van der Waals surface area contributed by atoms with Crippen LogP contribution < -0.4 is 5.32 Å². The second kappa shape index (κ2) is 10.00. The molecule has 0 radical (unpaired) electrons. The highest BCUT2D eigenvalue weighted by Gasteiger charge is 2.25. The first-order valence-corrected chi connectivity index (χ1v) is 10.9. The van der Waals surface area contributed by atoms with Crippen LogP contribution in [0.3, 0.4) is 0 Å². The normalized spacial score (nSPS) is 14.7. The summed E-state index contributed by atoms with van der Waals surface area (Å²) in [4.78, 5) is 37.8. The van der Waals surface area contributed by atoms with Crippen molar-refractivity contribution < 1.29 is 9.59 Å². The monoisotopic (exact) mass is 427 g/mol. The van der Waals surface area contributed by atoms with Crippen molar-refractivity contribution in [2.75, 3.05) is 39.3 Å². The number of piperazine rings is 1. The van der Waals surface area contributed by atoms with Crippen molar-refractivity contribution in [2.24, 2.45) is 0 Å². The van der Waals surface area contributed by atoms with Gasteiger partial charge < -0.3 is 10.2 Å². The minimum absolute atomic E-state index is 0.0499. The Morgan fingerprint density at radius 1 is 1.03 bits per heavy atom. The number of aryl methyl sites for hydroxylation is 3. The molecule has 3 heterocycles. The molecule has 1 N–H and O–H groups in total. The van der Waals surface area contributed by atoms with Gasteiger partial charge in [0.1, 0.15) is 0 Å². The Hall–Kier alpha value is -2.81. The van der Waals surface area contributed by atoms with Gasteiger partial charge in [0.25, 0.3) is 5.95 Å². The summed E-state index contributed by atoms with van der Waals surface area (Å²) in [6.45, 7) is 13.5. The summed E-state index contributed by atoms with van der Waals surface area (Å²) < 4.78 is 1.73. The van der Waals surface area contributed by atoms with Crippen LogP contribution in [-0.4, -0.2) is 80.6 Å². The third kappa shape index (κ3) is 5.66. The fourth-order valence-corrected chi connectivity index (χ4v) is 3.87. The summed E-state index contributed by atoms with van der Waals surface area (Å²) in [6, 6.07) is 1.92. The third-order valence-corrected chi connectivity index (χ3v) is 5.59. The maximum Gasteiger partial charge on any atom is 0.251 e. The average Bonchev–Trinajstić information content (AvgIpc) is 3.00. The lowest BCUT2D eigenvalue weighted by Gasteiger charge is -2.34. The van der Waals surface area contributed by atoms with Crippen LogP contribution in [0, 0.1) is 27.7 Å². The third-order valence-electron chi connectivity index (χ3n) is 5.59. The quantitative estimate of drug-likeness (QED) is 0.711. The number of nitrogens with zero attached hydrogens (tertiary/aromatic N) is 6. The van der Waals surface area contributed by atoms with Crippen LogP contribution in [0.1, 0.15) is 41.7 Å². The van der Waals surface area contributed by atoms with Gasteiger partial charge in [0, 0.05) is 55.4 Å². The molecular weight excluding hydrogens is 394 g/mol. The molecule has 1 aliphatic rings. The number of rotatable bonds is 7. The molecule has 1 aliphatic heterocycles. The topological polar surface area (TPSA) is 96.2 Å². The molecule has 9 heteroatoms. The Morgan fingerprint density at radius 2 is 1.68 bits per heavy atom. The van der Waals surface area contributed by atoms with E-state index in [0.717, 1.165) is 34.8 Å². The van der Waals surface area contributed by atoms with Gasteiger partial charge in [0.05, 0.1) is 18.7 Å². The van der Waals surface area contributed by atoms with E-state index in [1.54, 1.807) is 4.68 Å². The number of amides is 2. The fraction of sp³-hybridized carbons (Fsp3) is 0.591. The lowest BCUT2D eigenvalue weighted by atomic mass is 10.1. The van der Waals surface area contributed by atoms with Crippen molar-refractivity contribution in [3.63, 3.8) is 0 Å². The van der Waals surface area contributed by atoms with Crippen LogP contribution in [0.4, 0.5) is 0 Å². The molecule has 0 spiro atoms. The molecule has 2 amide bonds. The first kappa shape index (κ1) is 22.9. The van der Waals surface area contributed by atoms with Gasteiger partial charge in [-0.15, -0.1) is 0 Å². The highest BCUT2D eigenvalue weighted by molar-refractivity contribution is 5.80. The van der Waals surface area contributed by atoms with Gasteiger partial charge in [-0.2, -0.15) is 5.10 Å². The molecule has 9 nitrogen and oxygen atoms in total. The van der Waals surface area contributed by atoms with Crippen LogP contribution in [-0.2, 0) is 16.0 Å². The molecule has 1 saturated heterocycles. The first-order chi connectivity index (χ1) is 14.8. The number of hydrogen-bond donors (Lipinski definition) is 1. The summed E-state index contributed by atoms with van der Waals surface area (Å²) in [5, 5.41) is 7.50. The fourth-order valence-electron chi connectivity index (χ4n) is 3.87. The molecule has 3 rings (SSSR count). The van der Waals surface area contributed by atoms with Gasteiger partial charge >= 0.3 is 0 Å². The summed E-state index contributed by atoms with van der Waals surface area (Å²) in [6.07, 6.45) is 1.23. The maximum atomic E-state index is 13.0. The second-order valence-corrected chi connectivity index (χ2v) is 8.20. The Labute approximate surface area is 183 Å². The molecule has 0 aromatic carbocycles. The van der Waals surface area contributed by atoms with Crippen molar-refractivity contribution in [3.05, 3.63) is 34.4 Å². The maximum absolute atomic E-state index is 13.0. The predicted molar refractivity (Wildman–Crippen MR) is 118 cm³/mol. The second-order valence-electron chi connectivity index (χ2n) is 8.20.